The van der Waals surface area contributed by atoms with Crippen LogP contribution in [0.4, 0.5) is 18.9 Å². The van der Waals surface area contributed by atoms with Crippen LogP contribution in [0.3, 0.4) is 0 Å². The van der Waals surface area contributed by atoms with E-state index in [9.17, 15) is 18.0 Å². The van der Waals surface area contributed by atoms with Crippen molar-refractivity contribution in [3.8, 4) is 0 Å². The largest absolute Gasteiger partial charge is 0.391 e. The molecular formula is C15H19F3N2O. The predicted octanol–water partition coefficient (Wildman–Crippen LogP) is 3.43. The molecule has 1 aliphatic rings. The van der Waals surface area contributed by atoms with Crippen molar-refractivity contribution in [1.29, 1.82) is 0 Å². The molecule has 1 aromatic carbocycles. The third kappa shape index (κ3) is 4.12. The van der Waals surface area contributed by atoms with Crippen LogP contribution in [0.15, 0.2) is 24.3 Å². The van der Waals surface area contributed by atoms with Gasteiger partial charge in [-0.15, -0.1) is 0 Å². The van der Waals surface area contributed by atoms with Crippen molar-refractivity contribution in [2.24, 2.45) is 0 Å². The van der Waals surface area contributed by atoms with E-state index in [1.165, 1.54) is 6.92 Å². The Morgan fingerprint density at radius 3 is 2.76 bits per heavy atom. The summed E-state index contributed by atoms with van der Waals surface area (Å²) in [5.41, 5.74) is 1.71. The SMILES string of the molecule is CC(CC(F)(F)F)NC(=O)C1CC(C)Nc2ccccc21. The maximum Gasteiger partial charge on any atom is 0.391 e. The van der Waals surface area contributed by atoms with Crippen LogP contribution in [0.2, 0.25) is 0 Å². The molecule has 0 fully saturated rings. The summed E-state index contributed by atoms with van der Waals surface area (Å²) in [4.78, 5) is 12.3. The number of alkyl halides is 3. The van der Waals surface area contributed by atoms with Crippen LogP contribution >= 0.6 is 0 Å². The highest BCUT2D eigenvalue weighted by atomic mass is 19.4. The second kappa shape index (κ2) is 5.95. The first-order valence-electron chi connectivity index (χ1n) is 6.99. The highest BCUT2D eigenvalue weighted by Crippen LogP contribution is 2.34. The van der Waals surface area contributed by atoms with Gasteiger partial charge in [0.2, 0.25) is 5.91 Å². The molecule has 0 spiro atoms. The van der Waals surface area contributed by atoms with E-state index in [1.54, 1.807) is 0 Å². The third-order valence-electron chi connectivity index (χ3n) is 3.57. The Labute approximate surface area is 121 Å². The summed E-state index contributed by atoms with van der Waals surface area (Å²) in [6, 6.07) is 6.60. The number of benzene rings is 1. The number of anilines is 1. The van der Waals surface area contributed by atoms with Gasteiger partial charge in [0.15, 0.2) is 0 Å². The molecule has 1 heterocycles. The van der Waals surface area contributed by atoms with Crippen LogP contribution in [0, 0.1) is 0 Å². The number of para-hydroxylation sites is 1. The van der Waals surface area contributed by atoms with Gasteiger partial charge in [-0.2, -0.15) is 13.2 Å². The Morgan fingerprint density at radius 2 is 2.10 bits per heavy atom. The number of hydrogen-bond acceptors (Lipinski definition) is 2. The minimum atomic E-state index is -4.27. The first kappa shape index (κ1) is 15.7. The Hall–Kier alpha value is -1.72. The van der Waals surface area contributed by atoms with E-state index >= 15 is 0 Å². The molecule has 0 saturated carbocycles. The van der Waals surface area contributed by atoms with Crippen LogP contribution in [-0.2, 0) is 4.79 Å². The lowest BCUT2D eigenvalue weighted by Crippen LogP contribution is -2.41. The fourth-order valence-electron chi connectivity index (χ4n) is 2.73. The predicted molar refractivity (Wildman–Crippen MR) is 75.2 cm³/mol. The van der Waals surface area contributed by atoms with E-state index in [1.807, 2.05) is 31.2 Å². The number of carbonyl (C=O) groups is 1. The zero-order valence-electron chi connectivity index (χ0n) is 12.0. The monoisotopic (exact) mass is 300 g/mol. The number of amides is 1. The average Bonchev–Trinajstić information content (AvgIpc) is 2.35. The number of fused-ring (bicyclic) bond motifs is 1. The molecule has 2 rings (SSSR count). The Kier molecular flexibility index (Phi) is 4.44. The van der Waals surface area contributed by atoms with Crippen LogP contribution in [0.5, 0.6) is 0 Å². The van der Waals surface area contributed by atoms with Crippen LogP contribution in [0.25, 0.3) is 0 Å². The number of nitrogens with one attached hydrogen (secondary N) is 2. The molecule has 3 atom stereocenters. The lowest BCUT2D eigenvalue weighted by molar-refractivity contribution is -0.141. The lowest BCUT2D eigenvalue weighted by atomic mass is 9.86. The molecule has 1 aliphatic heterocycles. The van der Waals surface area contributed by atoms with Gasteiger partial charge < -0.3 is 10.6 Å². The van der Waals surface area contributed by atoms with Gasteiger partial charge in [0.1, 0.15) is 0 Å². The Balaban J connectivity index is 2.09. The van der Waals surface area contributed by atoms with Gasteiger partial charge in [-0.05, 0) is 31.9 Å². The van der Waals surface area contributed by atoms with E-state index in [2.05, 4.69) is 10.6 Å². The number of halogens is 3. The quantitative estimate of drug-likeness (QED) is 0.898. The van der Waals surface area contributed by atoms with E-state index in [0.717, 1.165) is 11.3 Å². The van der Waals surface area contributed by atoms with Crippen molar-refractivity contribution >= 4 is 11.6 Å². The van der Waals surface area contributed by atoms with Crippen molar-refractivity contribution in [2.75, 3.05) is 5.32 Å². The minimum absolute atomic E-state index is 0.105. The molecule has 116 valence electrons. The second-order valence-corrected chi connectivity index (χ2v) is 5.65. The van der Waals surface area contributed by atoms with Crippen molar-refractivity contribution in [3.63, 3.8) is 0 Å². The summed E-state index contributed by atoms with van der Waals surface area (Å²) >= 11 is 0. The fourth-order valence-corrected chi connectivity index (χ4v) is 2.73. The second-order valence-electron chi connectivity index (χ2n) is 5.65. The van der Waals surface area contributed by atoms with Crippen molar-refractivity contribution < 1.29 is 18.0 Å². The van der Waals surface area contributed by atoms with Gasteiger partial charge in [0, 0.05) is 17.8 Å². The smallest absolute Gasteiger partial charge is 0.382 e. The number of carbonyl (C=O) groups excluding carboxylic acids is 1. The molecule has 21 heavy (non-hydrogen) atoms. The molecular weight excluding hydrogens is 281 g/mol. The molecule has 0 aromatic heterocycles. The molecule has 2 N–H and O–H groups in total. The van der Waals surface area contributed by atoms with Gasteiger partial charge >= 0.3 is 6.18 Å². The summed E-state index contributed by atoms with van der Waals surface area (Å²) in [7, 11) is 0. The molecule has 0 aliphatic carbocycles. The van der Waals surface area contributed by atoms with Gasteiger partial charge in [-0.25, -0.2) is 0 Å². The summed E-state index contributed by atoms with van der Waals surface area (Å²) in [5, 5.41) is 5.76. The Bertz CT molecular complexity index is 516. The summed E-state index contributed by atoms with van der Waals surface area (Å²) in [6.45, 7) is 3.33. The maximum absolute atomic E-state index is 12.3. The van der Waals surface area contributed by atoms with Gasteiger partial charge in [-0.3, -0.25) is 4.79 Å². The molecule has 6 heteroatoms. The van der Waals surface area contributed by atoms with Crippen molar-refractivity contribution in [2.45, 2.75) is 50.9 Å². The summed E-state index contributed by atoms with van der Waals surface area (Å²) in [6.07, 6.45) is -4.71. The van der Waals surface area contributed by atoms with Gasteiger partial charge in [-0.1, -0.05) is 18.2 Å². The van der Waals surface area contributed by atoms with E-state index in [4.69, 9.17) is 0 Å². The lowest BCUT2D eigenvalue weighted by Gasteiger charge is -2.31. The summed E-state index contributed by atoms with van der Waals surface area (Å²) in [5.74, 6) is -0.749. The topological polar surface area (TPSA) is 41.1 Å². The molecule has 0 radical (unpaired) electrons. The van der Waals surface area contributed by atoms with Gasteiger partial charge in [0.25, 0.3) is 0 Å². The van der Waals surface area contributed by atoms with Crippen LogP contribution < -0.4 is 10.6 Å². The zero-order valence-corrected chi connectivity index (χ0v) is 12.0. The summed E-state index contributed by atoms with van der Waals surface area (Å²) < 4.78 is 37.0. The number of rotatable bonds is 3. The van der Waals surface area contributed by atoms with Crippen LogP contribution in [-0.4, -0.2) is 24.2 Å². The maximum atomic E-state index is 12.3. The van der Waals surface area contributed by atoms with E-state index < -0.39 is 24.6 Å². The molecule has 0 bridgehead atoms. The van der Waals surface area contributed by atoms with Gasteiger partial charge in [0.05, 0.1) is 12.3 Å². The van der Waals surface area contributed by atoms with E-state index in [0.29, 0.717) is 6.42 Å². The molecule has 1 amide bonds. The molecule has 3 unspecified atom stereocenters. The normalized spacial score (nSPS) is 22.9. The fraction of sp³-hybridized carbons (Fsp3) is 0.533. The average molecular weight is 300 g/mol. The number of hydrogen-bond donors (Lipinski definition) is 2. The Morgan fingerprint density at radius 1 is 1.43 bits per heavy atom. The first-order chi connectivity index (χ1) is 9.76. The first-order valence-corrected chi connectivity index (χ1v) is 6.99. The van der Waals surface area contributed by atoms with Crippen molar-refractivity contribution in [3.05, 3.63) is 29.8 Å². The van der Waals surface area contributed by atoms with Crippen LogP contribution in [0.1, 0.15) is 38.2 Å². The highest BCUT2D eigenvalue weighted by molar-refractivity contribution is 5.86. The zero-order chi connectivity index (χ0) is 15.6. The molecule has 0 saturated heterocycles. The van der Waals surface area contributed by atoms with E-state index in [-0.39, 0.29) is 11.9 Å². The molecule has 1 aromatic rings. The molecule has 3 nitrogen and oxygen atoms in total. The third-order valence-corrected chi connectivity index (χ3v) is 3.57. The highest BCUT2D eigenvalue weighted by Gasteiger charge is 2.33. The minimum Gasteiger partial charge on any atom is -0.382 e. The standard InChI is InChI=1S/C15H19F3N2O/c1-9-7-12(11-5-3-4-6-13(11)19-9)14(21)20-10(2)8-15(16,17)18/h3-6,9-10,12,19H,7-8H2,1-2H3,(H,20,21). The van der Waals surface area contributed by atoms with Crippen molar-refractivity contribution in [1.82, 2.24) is 5.32 Å².